The molecule has 1 amide bonds. The van der Waals surface area contributed by atoms with E-state index in [1.54, 1.807) is 7.11 Å². The molecule has 0 bridgehead atoms. The Balaban J connectivity index is 1.57. The second-order valence-electron chi connectivity index (χ2n) is 6.21. The van der Waals surface area contributed by atoms with Crippen molar-refractivity contribution in [1.82, 2.24) is 15.0 Å². The molecule has 0 N–H and O–H groups in total. The van der Waals surface area contributed by atoms with E-state index in [0.717, 1.165) is 24.2 Å². The maximum absolute atomic E-state index is 12.8. The molecule has 1 aliphatic heterocycles. The van der Waals surface area contributed by atoms with Crippen LogP contribution in [0.4, 0.5) is 0 Å². The third-order valence-electron chi connectivity index (χ3n) is 4.61. The Morgan fingerprint density at radius 1 is 1.15 bits per heavy atom. The van der Waals surface area contributed by atoms with Crippen LogP contribution in [0.3, 0.4) is 0 Å². The molecule has 0 saturated carbocycles. The summed E-state index contributed by atoms with van der Waals surface area (Å²) in [7, 11) is 1.62. The molecular formula is C20H19N3O3. The Morgan fingerprint density at radius 2 is 1.92 bits per heavy atom. The quantitative estimate of drug-likeness (QED) is 0.718. The van der Waals surface area contributed by atoms with E-state index in [1.807, 2.05) is 59.5 Å². The number of ether oxygens (including phenoxy) is 1. The molecule has 0 radical (unpaired) electrons. The van der Waals surface area contributed by atoms with Crippen LogP contribution in [0, 0.1) is 0 Å². The zero-order valence-electron chi connectivity index (χ0n) is 14.5. The van der Waals surface area contributed by atoms with Gasteiger partial charge in [-0.15, -0.1) is 0 Å². The van der Waals surface area contributed by atoms with Crippen LogP contribution in [0.15, 0.2) is 59.1 Å². The molecule has 1 aromatic heterocycles. The standard InChI is InChI=1S/C20H19N3O3/c1-25-16-11-9-14(10-12-16)18-21-19(26-22-18)17-8-5-13-23(17)20(24)15-6-3-2-4-7-15/h2-4,6-7,9-12,17H,5,8,13H2,1H3. The maximum Gasteiger partial charge on any atom is 0.254 e. The van der Waals surface area contributed by atoms with Crippen LogP contribution < -0.4 is 4.74 Å². The van der Waals surface area contributed by atoms with E-state index in [1.165, 1.54) is 0 Å². The van der Waals surface area contributed by atoms with Crippen molar-refractivity contribution in [3.63, 3.8) is 0 Å². The van der Waals surface area contributed by atoms with Gasteiger partial charge in [0.05, 0.1) is 7.11 Å². The highest BCUT2D eigenvalue weighted by molar-refractivity contribution is 5.94. The maximum atomic E-state index is 12.8. The Kier molecular flexibility index (Phi) is 4.39. The van der Waals surface area contributed by atoms with Crippen molar-refractivity contribution in [2.24, 2.45) is 0 Å². The van der Waals surface area contributed by atoms with Gasteiger partial charge < -0.3 is 14.2 Å². The van der Waals surface area contributed by atoms with Crippen LogP contribution in [-0.4, -0.2) is 34.6 Å². The largest absolute Gasteiger partial charge is 0.497 e. The summed E-state index contributed by atoms with van der Waals surface area (Å²) in [6, 6.07) is 16.6. The minimum absolute atomic E-state index is 0.00250. The molecule has 2 aromatic carbocycles. The summed E-state index contributed by atoms with van der Waals surface area (Å²) in [5.41, 5.74) is 1.52. The number of carbonyl (C=O) groups excluding carboxylic acids is 1. The number of rotatable bonds is 4. The van der Waals surface area contributed by atoms with Crippen molar-refractivity contribution in [3.8, 4) is 17.1 Å². The molecule has 1 aliphatic rings. The van der Waals surface area contributed by atoms with Crippen LogP contribution in [0.2, 0.25) is 0 Å². The van der Waals surface area contributed by atoms with Crippen molar-refractivity contribution >= 4 is 5.91 Å². The van der Waals surface area contributed by atoms with E-state index in [-0.39, 0.29) is 11.9 Å². The Bertz CT molecular complexity index is 890. The highest BCUT2D eigenvalue weighted by Gasteiger charge is 2.34. The summed E-state index contributed by atoms with van der Waals surface area (Å²) in [6.45, 7) is 0.693. The van der Waals surface area contributed by atoms with Gasteiger partial charge in [-0.3, -0.25) is 4.79 Å². The van der Waals surface area contributed by atoms with Gasteiger partial charge in [0.2, 0.25) is 11.7 Å². The van der Waals surface area contributed by atoms with E-state index >= 15 is 0 Å². The van der Waals surface area contributed by atoms with Crippen molar-refractivity contribution in [2.45, 2.75) is 18.9 Å². The minimum atomic E-state index is -0.179. The lowest BCUT2D eigenvalue weighted by molar-refractivity contribution is 0.0710. The average Bonchev–Trinajstić information content (AvgIpc) is 3.37. The molecule has 0 aliphatic carbocycles. The first-order chi connectivity index (χ1) is 12.8. The molecular weight excluding hydrogens is 330 g/mol. The first-order valence-electron chi connectivity index (χ1n) is 8.60. The number of amides is 1. The van der Waals surface area contributed by atoms with E-state index < -0.39 is 0 Å². The van der Waals surface area contributed by atoms with Gasteiger partial charge in [0.1, 0.15) is 11.8 Å². The van der Waals surface area contributed by atoms with Gasteiger partial charge in [-0.2, -0.15) is 4.98 Å². The number of likely N-dealkylation sites (tertiary alicyclic amines) is 1. The molecule has 3 aromatic rings. The predicted molar refractivity (Wildman–Crippen MR) is 95.7 cm³/mol. The van der Waals surface area contributed by atoms with Gasteiger partial charge >= 0.3 is 0 Å². The normalized spacial score (nSPS) is 16.7. The molecule has 1 atom stereocenters. The highest BCUT2D eigenvalue weighted by Crippen LogP contribution is 2.33. The van der Waals surface area contributed by atoms with Crippen molar-refractivity contribution in [1.29, 1.82) is 0 Å². The first kappa shape index (κ1) is 16.3. The van der Waals surface area contributed by atoms with Gasteiger partial charge in [0.15, 0.2) is 0 Å². The summed E-state index contributed by atoms with van der Waals surface area (Å²) in [4.78, 5) is 19.2. The van der Waals surface area contributed by atoms with Gasteiger partial charge in [-0.05, 0) is 49.2 Å². The minimum Gasteiger partial charge on any atom is -0.497 e. The summed E-state index contributed by atoms with van der Waals surface area (Å²) in [6.07, 6.45) is 1.74. The molecule has 0 spiro atoms. The number of hydrogen-bond acceptors (Lipinski definition) is 5. The second kappa shape index (κ2) is 7.00. The molecule has 132 valence electrons. The zero-order chi connectivity index (χ0) is 17.9. The second-order valence-corrected chi connectivity index (χ2v) is 6.21. The predicted octanol–water partition coefficient (Wildman–Crippen LogP) is 3.72. The molecule has 1 fully saturated rings. The molecule has 1 unspecified atom stereocenters. The third-order valence-corrected chi connectivity index (χ3v) is 4.61. The Labute approximate surface area is 151 Å². The van der Waals surface area contributed by atoms with Crippen LogP contribution in [0.5, 0.6) is 5.75 Å². The number of methoxy groups -OCH3 is 1. The summed E-state index contributed by atoms with van der Waals surface area (Å²) in [5, 5.41) is 4.09. The Hall–Kier alpha value is -3.15. The molecule has 4 rings (SSSR count). The van der Waals surface area contributed by atoms with Crippen LogP contribution in [0.1, 0.15) is 35.1 Å². The Morgan fingerprint density at radius 3 is 2.65 bits per heavy atom. The fourth-order valence-corrected chi connectivity index (χ4v) is 3.24. The summed E-state index contributed by atoms with van der Waals surface area (Å²) < 4.78 is 10.7. The smallest absolute Gasteiger partial charge is 0.254 e. The molecule has 6 nitrogen and oxygen atoms in total. The number of carbonyl (C=O) groups is 1. The van der Waals surface area contributed by atoms with Crippen molar-refractivity contribution in [2.75, 3.05) is 13.7 Å². The van der Waals surface area contributed by atoms with Crippen LogP contribution >= 0.6 is 0 Å². The summed E-state index contributed by atoms with van der Waals surface area (Å²) in [5.74, 6) is 1.77. The number of nitrogens with zero attached hydrogens (tertiary/aromatic N) is 3. The van der Waals surface area contributed by atoms with Crippen LogP contribution in [0.25, 0.3) is 11.4 Å². The lowest BCUT2D eigenvalue weighted by atomic mass is 10.1. The summed E-state index contributed by atoms with van der Waals surface area (Å²) >= 11 is 0. The van der Waals surface area contributed by atoms with Gasteiger partial charge in [-0.1, -0.05) is 23.4 Å². The molecule has 26 heavy (non-hydrogen) atoms. The van der Waals surface area contributed by atoms with Crippen molar-refractivity contribution in [3.05, 3.63) is 66.1 Å². The monoisotopic (exact) mass is 349 g/mol. The van der Waals surface area contributed by atoms with Gasteiger partial charge in [0, 0.05) is 17.7 Å². The van der Waals surface area contributed by atoms with Gasteiger partial charge in [-0.25, -0.2) is 0 Å². The third kappa shape index (κ3) is 3.06. The number of benzene rings is 2. The lowest BCUT2D eigenvalue weighted by Gasteiger charge is -2.21. The first-order valence-corrected chi connectivity index (χ1v) is 8.60. The van der Waals surface area contributed by atoms with Crippen LogP contribution in [-0.2, 0) is 0 Å². The van der Waals surface area contributed by atoms with E-state index in [9.17, 15) is 4.79 Å². The average molecular weight is 349 g/mol. The molecule has 2 heterocycles. The van der Waals surface area contributed by atoms with Crippen molar-refractivity contribution < 1.29 is 14.1 Å². The number of aromatic nitrogens is 2. The van der Waals surface area contributed by atoms with E-state index in [4.69, 9.17) is 9.26 Å². The van der Waals surface area contributed by atoms with Gasteiger partial charge in [0.25, 0.3) is 5.91 Å². The fraction of sp³-hybridized carbons (Fsp3) is 0.250. The lowest BCUT2D eigenvalue weighted by Crippen LogP contribution is -2.30. The van der Waals surface area contributed by atoms with E-state index in [2.05, 4.69) is 10.1 Å². The zero-order valence-corrected chi connectivity index (χ0v) is 14.5. The molecule has 1 saturated heterocycles. The fourth-order valence-electron chi connectivity index (χ4n) is 3.24. The highest BCUT2D eigenvalue weighted by atomic mass is 16.5. The topological polar surface area (TPSA) is 68.5 Å². The SMILES string of the molecule is COc1ccc(-c2noc(C3CCCN3C(=O)c3ccccc3)n2)cc1. The molecule has 6 heteroatoms. The number of hydrogen-bond donors (Lipinski definition) is 0. The van der Waals surface area contributed by atoms with E-state index in [0.29, 0.717) is 23.8 Å².